The Balaban J connectivity index is 1.51. The highest BCUT2D eigenvalue weighted by Gasteiger charge is 2.60. The molecule has 0 aliphatic heterocycles. The van der Waals surface area contributed by atoms with Crippen LogP contribution >= 0.6 is 0 Å². The lowest BCUT2D eigenvalue weighted by molar-refractivity contribution is -0.306. The van der Waals surface area contributed by atoms with Crippen LogP contribution in [-0.2, 0) is 4.79 Å². The molecule has 9 atom stereocenters. The van der Waals surface area contributed by atoms with Crippen molar-refractivity contribution in [3.05, 3.63) is 0 Å². The van der Waals surface area contributed by atoms with Gasteiger partial charge >= 0.3 is 0 Å². The van der Waals surface area contributed by atoms with E-state index in [0.717, 1.165) is 42.9 Å². The number of rotatable bonds is 4. The van der Waals surface area contributed by atoms with Gasteiger partial charge in [-0.05, 0) is 117 Å². The van der Waals surface area contributed by atoms with Crippen molar-refractivity contribution in [3.8, 4) is 0 Å². The topological polar surface area (TPSA) is 60.4 Å². The van der Waals surface area contributed by atoms with Crippen LogP contribution < -0.4 is 5.11 Å². The number of carbonyl (C=O) groups is 1. The second-order valence-electron chi connectivity index (χ2n) is 11.2. The number of aliphatic hydroxyl groups excluding tert-OH is 1. The van der Waals surface area contributed by atoms with E-state index in [1.165, 1.54) is 44.9 Å². The van der Waals surface area contributed by atoms with E-state index in [1.807, 2.05) is 0 Å². The lowest BCUT2D eigenvalue weighted by Crippen LogP contribution is -2.54. The second-order valence-corrected chi connectivity index (χ2v) is 11.2. The monoisotopic (exact) mass is 375 g/mol. The Hall–Kier alpha value is -0.570. The molecule has 4 fully saturated rings. The van der Waals surface area contributed by atoms with Gasteiger partial charge in [-0.15, -0.1) is 0 Å². The molecule has 1 unspecified atom stereocenters. The third-order valence-corrected chi connectivity index (χ3v) is 10.2. The number of hydrogen-bond acceptors (Lipinski definition) is 3. The summed E-state index contributed by atoms with van der Waals surface area (Å²) in [5.74, 6) is 3.55. The quantitative estimate of drug-likeness (QED) is 0.802. The molecular formula is C24H39O3-. The van der Waals surface area contributed by atoms with Crippen LogP contribution in [0.1, 0.15) is 91.4 Å². The fourth-order valence-corrected chi connectivity index (χ4v) is 8.76. The van der Waals surface area contributed by atoms with Crippen LogP contribution in [0.3, 0.4) is 0 Å². The minimum Gasteiger partial charge on any atom is -0.550 e. The molecule has 0 amide bonds. The SMILES string of the molecule is C[C@H](CCC(=O)[O-])[C@H]1CC[C@H]2[C@@H]3CC[C@@H]4CC(O)CC[C@]4(C)[C@H]3CC[C@]12C. The summed E-state index contributed by atoms with van der Waals surface area (Å²) in [6, 6.07) is 0. The number of fused-ring (bicyclic) bond motifs is 5. The van der Waals surface area contributed by atoms with Crippen LogP contribution in [0.5, 0.6) is 0 Å². The van der Waals surface area contributed by atoms with Crippen LogP contribution in [0.15, 0.2) is 0 Å². The lowest BCUT2D eigenvalue weighted by atomic mass is 9.44. The summed E-state index contributed by atoms with van der Waals surface area (Å²) in [5.41, 5.74) is 0.853. The summed E-state index contributed by atoms with van der Waals surface area (Å²) in [5, 5.41) is 21.1. The molecular weight excluding hydrogens is 336 g/mol. The first-order valence-corrected chi connectivity index (χ1v) is 11.6. The number of aliphatic hydroxyl groups is 1. The fraction of sp³-hybridized carbons (Fsp3) is 0.958. The Morgan fingerprint density at radius 1 is 1.04 bits per heavy atom. The zero-order valence-corrected chi connectivity index (χ0v) is 17.6. The van der Waals surface area contributed by atoms with Crippen molar-refractivity contribution >= 4 is 5.97 Å². The van der Waals surface area contributed by atoms with Gasteiger partial charge in [0.25, 0.3) is 0 Å². The number of carboxylic acids is 1. The van der Waals surface area contributed by atoms with E-state index in [2.05, 4.69) is 20.8 Å². The first-order valence-electron chi connectivity index (χ1n) is 11.6. The summed E-state index contributed by atoms with van der Waals surface area (Å²) in [7, 11) is 0. The number of carbonyl (C=O) groups excluding carboxylic acids is 1. The van der Waals surface area contributed by atoms with Gasteiger partial charge in [0.15, 0.2) is 0 Å². The first-order chi connectivity index (χ1) is 12.8. The highest BCUT2D eigenvalue weighted by molar-refractivity contribution is 5.64. The van der Waals surface area contributed by atoms with Crippen LogP contribution in [-0.4, -0.2) is 17.2 Å². The Morgan fingerprint density at radius 2 is 1.74 bits per heavy atom. The number of aliphatic carboxylic acids is 1. The molecule has 0 saturated heterocycles. The third kappa shape index (κ3) is 3.16. The van der Waals surface area contributed by atoms with E-state index in [1.54, 1.807) is 0 Å². The van der Waals surface area contributed by atoms with Crippen molar-refractivity contribution in [2.24, 2.45) is 46.3 Å². The summed E-state index contributed by atoms with van der Waals surface area (Å²) < 4.78 is 0. The Kier molecular flexibility index (Phi) is 5.15. The van der Waals surface area contributed by atoms with E-state index in [4.69, 9.17) is 0 Å². The lowest BCUT2D eigenvalue weighted by Gasteiger charge is -2.61. The molecule has 4 aliphatic carbocycles. The van der Waals surface area contributed by atoms with Gasteiger partial charge in [-0.3, -0.25) is 0 Å². The van der Waals surface area contributed by atoms with E-state index >= 15 is 0 Å². The van der Waals surface area contributed by atoms with Gasteiger partial charge in [0.05, 0.1) is 6.10 Å². The van der Waals surface area contributed by atoms with Gasteiger partial charge in [0.2, 0.25) is 0 Å². The maximum atomic E-state index is 10.9. The summed E-state index contributed by atoms with van der Waals surface area (Å²) >= 11 is 0. The summed E-state index contributed by atoms with van der Waals surface area (Å²) in [6.45, 7) is 7.38. The van der Waals surface area contributed by atoms with E-state index in [-0.39, 0.29) is 12.5 Å². The van der Waals surface area contributed by atoms with Crippen LogP contribution in [0.2, 0.25) is 0 Å². The van der Waals surface area contributed by atoms with Crippen molar-refractivity contribution < 1.29 is 15.0 Å². The molecule has 27 heavy (non-hydrogen) atoms. The van der Waals surface area contributed by atoms with Crippen molar-refractivity contribution in [3.63, 3.8) is 0 Å². The molecule has 3 nitrogen and oxygen atoms in total. The Labute approximate surface area is 165 Å². The molecule has 0 spiro atoms. The maximum absolute atomic E-state index is 10.9. The van der Waals surface area contributed by atoms with Crippen molar-refractivity contribution in [1.82, 2.24) is 0 Å². The summed E-state index contributed by atoms with van der Waals surface area (Å²) in [6.07, 6.45) is 12.2. The normalized spacial score (nSPS) is 50.4. The molecule has 0 bridgehead atoms. The van der Waals surface area contributed by atoms with Crippen molar-refractivity contribution in [2.75, 3.05) is 0 Å². The molecule has 154 valence electrons. The smallest absolute Gasteiger partial charge is 0.0543 e. The molecule has 4 aliphatic rings. The van der Waals surface area contributed by atoms with Crippen molar-refractivity contribution in [2.45, 2.75) is 97.5 Å². The van der Waals surface area contributed by atoms with Gasteiger partial charge in [0.1, 0.15) is 0 Å². The molecule has 0 radical (unpaired) electrons. The van der Waals surface area contributed by atoms with Gasteiger partial charge in [-0.2, -0.15) is 0 Å². The minimum atomic E-state index is -0.893. The fourth-order valence-electron chi connectivity index (χ4n) is 8.76. The summed E-state index contributed by atoms with van der Waals surface area (Å²) in [4.78, 5) is 10.9. The average Bonchev–Trinajstić information content (AvgIpc) is 2.97. The zero-order chi connectivity index (χ0) is 19.4. The highest BCUT2D eigenvalue weighted by Crippen LogP contribution is 2.68. The third-order valence-electron chi connectivity index (χ3n) is 10.2. The Morgan fingerprint density at radius 3 is 2.48 bits per heavy atom. The predicted molar refractivity (Wildman–Crippen MR) is 105 cm³/mol. The number of carboxylic acid groups (broad SMARTS) is 1. The van der Waals surface area contributed by atoms with Crippen LogP contribution in [0, 0.1) is 46.3 Å². The molecule has 4 rings (SSSR count). The highest BCUT2D eigenvalue weighted by atomic mass is 16.4. The van der Waals surface area contributed by atoms with Gasteiger partial charge in [0, 0.05) is 5.97 Å². The molecule has 4 saturated carbocycles. The van der Waals surface area contributed by atoms with Crippen LogP contribution in [0.4, 0.5) is 0 Å². The van der Waals surface area contributed by atoms with Gasteiger partial charge in [-0.25, -0.2) is 0 Å². The molecule has 1 N–H and O–H groups in total. The minimum absolute atomic E-state index is 0.0612. The first kappa shape index (κ1) is 19.7. The standard InChI is InChI=1S/C24H40O3/c1-15(4-9-22(26)27)19-7-8-20-18-6-5-16-14-17(25)10-12-23(16,2)21(18)11-13-24(19,20)3/h15-21,25H,4-14H2,1-3H3,(H,26,27)/p-1/t15-,16-,17?,18+,19-,20+,21+,23+,24-/m1/s1. The second kappa shape index (κ2) is 7.04. The molecule has 0 heterocycles. The van der Waals surface area contributed by atoms with E-state index in [0.29, 0.717) is 22.7 Å². The molecule has 0 aromatic rings. The predicted octanol–water partition coefficient (Wildman–Crippen LogP) is 4.17. The van der Waals surface area contributed by atoms with Crippen molar-refractivity contribution in [1.29, 1.82) is 0 Å². The number of hydrogen-bond donors (Lipinski definition) is 1. The molecule has 0 aromatic heterocycles. The largest absolute Gasteiger partial charge is 0.550 e. The van der Waals surface area contributed by atoms with E-state index < -0.39 is 5.97 Å². The average molecular weight is 376 g/mol. The zero-order valence-electron chi connectivity index (χ0n) is 17.6. The Bertz CT molecular complexity index is 574. The molecule has 3 heteroatoms. The van der Waals surface area contributed by atoms with E-state index in [9.17, 15) is 15.0 Å². The molecule has 0 aromatic carbocycles. The van der Waals surface area contributed by atoms with Gasteiger partial charge in [-0.1, -0.05) is 20.8 Å². The maximum Gasteiger partial charge on any atom is 0.0543 e. The van der Waals surface area contributed by atoms with Gasteiger partial charge < -0.3 is 15.0 Å². The van der Waals surface area contributed by atoms with Crippen LogP contribution in [0.25, 0.3) is 0 Å².